The van der Waals surface area contributed by atoms with Crippen LogP contribution in [0.4, 0.5) is 4.79 Å². The van der Waals surface area contributed by atoms with Gasteiger partial charge in [0, 0.05) is 18.5 Å². The Morgan fingerprint density at radius 2 is 2.21 bits per heavy atom. The maximum Gasteiger partial charge on any atom is 0.315 e. The first-order valence-corrected chi connectivity index (χ1v) is 8.26. The first-order valence-electron chi connectivity index (χ1n) is 8.26. The number of hydrogen-bond acceptors (Lipinski definition) is 4. The molecule has 0 saturated carbocycles. The molecule has 6 heteroatoms. The molecule has 2 N–H and O–H groups in total. The highest BCUT2D eigenvalue weighted by atomic mass is 16.5. The van der Waals surface area contributed by atoms with E-state index < -0.39 is 0 Å². The van der Waals surface area contributed by atoms with Gasteiger partial charge in [0.1, 0.15) is 11.5 Å². The Hall–Kier alpha value is -2.50. The van der Waals surface area contributed by atoms with Crippen molar-refractivity contribution in [3.63, 3.8) is 0 Å². The molecule has 0 spiro atoms. The number of aromatic nitrogens is 1. The second-order valence-corrected chi connectivity index (χ2v) is 6.15. The van der Waals surface area contributed by atoms with Crippen molar-refractivity contribution >= 4 is 6.03 Å². The van der Waals surface area contributed by atoms with Gasteiger partial charge in [0.2, 0.25) is 0 Å². The monoisotopic (exact) mass is 329 g/mol. The number of hydrogen-bond donors (Lipinski definition) is 2. The highest BCUT2D eigenvalue weighted by Gasteiger charge is 2.18. The Bertz CT molecular complexity index is 720. The first-order chi connectivity index (χ1) is 11.5. The van der Waals surface area contributed by atoms with Crippen molar-refractivity contribution in [1.82, 2.24) is 15.8 Å². The van der Waals surface area contributed by atoms with Crippen LogP contribution in [0, 0.1) is 13.8 Å². The molecule has 2 aromatic rings. The Morgan fingerprint density at radius 1 is 1.38 bits per heavy atom. The summed E-state index contributed by atoms with van der Waals surface area (Å²) in [6.07, 6.45) is 1.76. The number of carbonyl (C=O) groups is 1. The van der Waals surface area contributed by atoms with Crippen LogP contribution in [0.3, 0.4) is 0 Å². The third kappa shape index (κ3) is 3.53. The lowest BCUT2D eigenvalue weighted by atomic mass is 10.1. The van der Waals surface area contributed by atoms with Crippen LogP contribution >= 0.6 is 0 Å². The molecule has 2 heterocycles. The quantitative estimate of drug-likeness (QED) is 0.884. The van der Waals surface area contributed by atoms with Crippen LogP contribution in [0.5, 0.6) is 5.75 Å². The average molecular weight is 329 g/mol. The van der Waals surface area contributed by atoms with Gasteiger partial charge in [-0.2, -0.15) is 0 Å². The summed E-state index contributed by atoms with van der Waals surface area (Å²) in [5.41, 5.74) is 4.20. The van der Waals surface area contributed by atoms with Crippen molar-refractivity contribution in [2.24, 2.45) is 0 Å². The van der Waals surface area contributed by atoms with Gasteiger partial charge in [0.15, 0.2) is 0 Å². The number of benzene rings is 1. The maximum atomic E-state index is 12.1. The number of ether oxygens (including phenoxy) is 1. The maximum absolute atomic E-state index is 12.1. The van der Waals surface area contributed by atoms with E-state index in [1.54, 1.807) is 0 Å². The van der Waals surface area contributed by atoms with E-state index in [1.165, 1.54) is 11.1 Å². The minimum absolute atomic E-state index is 0.145. The molecular formula is C18H23N3O3. The predicted octanol–water partition coefficient (Wildman–Crippen LogP) is 2.83. The van der Waals surface area contributed by atoms with E-state index >= 15 is 0 Å². The molecule has 0 aliphatic carbocycles. The van der Waals surface area contributed by atoms with E-state index in [0.717, 1.165) is 42.2 Å². The number of amides is 2. The fourth-order valence-electron chi connectivity index (χ4n) is 3.14. The van der Waals surface area contributed by atoms with Gasteiger partial charge in [0.05, 0.1) is 18.3 Å². The second-order valence-electron chi connectivity index (χ2n) is 6.15. The lowest BCUT2D eigenvalue weighted by Gasteiger charge is -2.14. The topological polar surface area (TPSA) is 76.4 Å². The Balaban J connectivity index is 1.47. The Labute approximate surface area is 141 Å². The van der Waals surface area contributed by atoms with Gasteiger partial charge in [-0.3, -0.25) is 0 Å². The third-order valence-electron chi connectivity index (χ3n) is 4.32. The van der Waals surface area contributed by atoms with Crippen LogP contribution in [0.2, 0.25) is 0 Å². The fraction of sp³-hybridized carbons (Fsp3) is 0.444. The molecule has 0 radical (unpaired) electrons. The molecule has 6 nitrogen and oxygen atoms in total. The smallest absolute Gasteiger partial charge is 0.315 e. The van der Waals surface area contributed by atoms with Crippen molar-refractivity contribution in [1.29, 1.82) is 0 Å². The van der Waals surface area contributed by atoms with E-state index in [1.807, 2.05) is 26.8 Å². The van der Waals surface area contributed by atoms with Crippen molar-refractivity contribution in [3.8, 4) is 5.75 Å². The standard InChI is InChI=1S/C18H23N3O3/c1-11(17-12(2)21-24-13(17)3)20-18(22)19-8-6-14-4-5-16-15(10-14)7-9-23-16/h4-5,10-11H,6-9H2,1-3H3,(H2,19,20,22)/t11-/m0/s1. The minimum atomic E-state index is -0.188. The zero-order valence-electron chi connectivity index (χ0n) is 14.3. The van der Waals surface area contributed by atoms with Crippen molar-refractivity contribution in [2.45, 2.75) is 39.7 Å². The number of aryl methyl sites for hydroxylation is 2. The summed E-state index contributed by atoms with van der Waals surface area (Å²) in [4.78, 5) is 12.1. The summed E-state index contributed by atoms with van der Waals surface area (Å²) in [5, 5.41) is 9.74. The number of fused-ring (bicyclic) bond motifs is 1. The summed E-state index contributed by atoms with van der Waals surface area (Å²) in [7, 11) is 0. The van der Waals surface area contributed by atoms with E-state index in [9.17, 15) is 4.79 Å². The molecule has 1 aromatic heterocycles. The Kier molecular flexibility index (Phi) is 4.74. The second kappa shape index (κ2) is 6.95. The van der Waals surface area contributed by atoms with Gasteiger partial charge in [-0.25, -0.2) is 4.79 Å². The molecule has 1 atom stereocenters. The van der Waals surface area contributed by atoms with Gasteiger partial charge < -0.3 is 19.9 Å². The Morgan fingerprint density at radius 3 is 2.96 bits per heavy atom. The van der Waals surface area contributed by atoms with Crippen LogP contribution in [0.15, 0.2) is 22.7 Å². The molecule has 0 bridgehead atoms. The number of carbonyl (C=O) groups excluding carboxylic acids is 1. The fourth-order valence-corrected chi connectivity index (χ4v) is 3.14. The number of rotatable bonds is 5. The highest BCUT2D eigenvalue weighted by molar-refractivity contribution is 5.74. The molecule has 3 rings (SSSR count). The largest absolute Gasteiger partial charge is 0.493 e. The van der Waals surface area contributed by atoms with E-state index in [4.69, 9.17) is 9.26 Å². The summed E-state index contributed by atoms with van der Waals surface area (Å²) < 4.78 is 10.6. The zero-order valence-corrected chi connectivity index (χ0v) is 14.3. The molecule has 128 valence electrons. The van der Waals surface area contributed by atoms with Crippen LogP contribution < -0.4 is 15.4 Å². The molecule has 0 fully saturated rings. The summed E-state index contributed by atoms with van der Waals surface area (Å²) in [6, 6.07) is 5.89. The van der Waals surface area contributed by atoms with Crippen molar-refractivity contribution < 1.29 is 14.1 Å². The third-order valence-corrected chi connectivity index (χ3v) is 4.32. The van der Waals surface area contributed by atoms with Gasteiger partial charge in [-0.15, -0.1) is 0 Å². The highest BCUT2D eigenvalue weighted by Crippen LogP contribution is 2.26. The molecule has 0 saturated heterocycles. The van der Waals surface area contributed by atoms with Crippen LogP contribution in [0.25, 0.3) is 0 Å². The molecule has 24 heavy (non-hydrogen) atoms. The predicted molar refractivity (Wildman–Crippen MR) is 90.3 cm³/mol. The van der Waals surface area contributed by atoms with Gasteiger partial charge in [0.25, 0.3) is 0 Å². The van der Waals surface area contributed by atoms with Crippen LogP contribution in [-0.4, -0.2) is 24.3 Å². The average Bonchev–Trinajstić information content (AvgIpc) is 3.13. The van der Waals surface area contributed by atoms with Crippen molar-refractivity contribution in [3.05, 3.63) is 46.3 Å². The zero-order chi connectivity index (χ0) is 17.1. The molecule has 1 aliphatic heterocycles. The number of nitrogens with one attached hydrogen (secondary N) is 2. The SMILES string of the molecule is Cc1noc(C)c1[C@H](C)NC(=O)NCCc1ccc2c(c1)CCO2. The minimum Gasteiger partial charge on any atom is -0.493 e. The van der Waals surface area contributed by atoms with E-state index in [-0.39, 0.29) is 12.1 Å². The van der Waals surface area contributed by atoms with Gasteiger partial charge >= 0.3 is 6.03 Å². The molecule has 1 aliphatic rings. The van der Waals surface area contributed by atoms with Crippen molar-refractivity contribution in [2.75, 3.05) is 13.2 Å². The molecule has 1 aromatic carbocycles. The summed E-state index contributed by atoms with van der Waals surface area (Å²) in [6.45, 7) is 6.99. The summed E-state index contributed by atoms with van der Waals surface area (Å²) >= 11 is 0. The molecular weight excluding hydrogens is 306 g/mol. The summed E-state index contributed by atoms with van der Waals surface area (Å²) in [5.74, 6) is 1.72. The van der Waals surface area contributed by atoms with E-state index in [2.05, 4.69) is 27.9 Å². The lowest BCUT2D eigenvalue weighted by molar-refractivity contribution is 0.238. The number of urea groups is 1. The van der Waals surface area contributed by atoms with Crippen LogP contribution in [-0.2, 0) is 12.8 Å². The van der Waals surface area contributed by atoms with Crippen LogP contribution in [0.1, 0.15) is 41.1 Å². The van der Waals surface area contributed by atoms with E-state index in [0.29, 0.717) is 6.54 Å². The van der Waals surface area contributed by atoms with Gasteiger partial charge in [-0.05, 0) is 44.4 Å². The first kappa shape index (κ1) is 16.4. The molecule has 2 amide bonds. The molecule has 0 unspecified atom stereocenters. The lowest BCUT2D eigenvalue weighted by Crippen LogP contribution is -2.38. The normalized spacial score (nSPS) is 14.0. The number of nitrogens with zero attached hydrogens (tertiary/aromatic N) is 1. The van der Waals surface area contributed by atoms with Gasteiger partial charge in [-0.1, -0.05) is 17.3 Å².